The first-order valence-corrected chi connectivity index (χ1v) is 12.7. The average Bonchev–Trinajstić information content (AvgIpc) is 3.53. The van der Waals surface area contributed by atoms with E-state index < -0.39 is 34.5 Å². The van der Waals surface area contributed by atoms with Crippen LogP contribution in [0.3, 0.4) is 0 Å². The number of amides is 1. The van der Waals surface area contributed by atoms with Gasteiger partial charge < -0.3 is 20.3 Å². The maximum atomic E-state index is 16.4. The van der Waals surface area contributed by atoms with Crippen molar-refractivity contribution >= 4 is 49.1 Å². The molecule has 0 saturated carbocycles. The summed E-state index contributed by atoms with van der Waals surface area (Å²) in [6, 6.07) is 3.82. The molecule has 3 heterocycles. The van der Waals surface area contributed by atoms with Gasteiger partial charge in [0.25, 0.3) is 0 Å². The number of fused-ring (bicyclic) bond motifs is 2. The van der Waals surface area contributed by atoms with Crippen LogP contribution in [-0.4, -0.2) is 54.1 Å². The lowest BCUT2D eigenvalue weighted by atomic mass is 9.92. The van der Waals surface area contributed by atoms with Gasteiger partial charge in [0, 0.05) is 49.4 Å². The monoisotopic (exact) mass is 576 g/mol. The van der Waals surface area contributed by atoms with Gasteiger partial charge in [-0.1, -0.05) is 6.07 Å². The lowest BCUT2D eigenvalue weighted by Gasteiger charge is -2.27. The smallest absolute Gasteiger partial charge is 0.417 e. The summed E-state index contributed by atoms with van der Waals surface area (Å²) in [5.41, 5.74) is 2.53. The lowest BCUT2D eigenvalue weighted by Crippen LogP contribution is -2.36. The third-order valence-electron chi connectivity index (χ3n) is 7.07. The van der Waals surface area contributed by atoms with Gasteiger partial charge in [-0.2, -0.15) is 28.4 Å². The highest BCUT2D eigenvalue weighted by Gasteiger charge is 2.39. The van der Waals surface area contributed by atoms with Crippen molar-refractivity contribution in [1.29, 1.82) is 5.26 Å². The minimum atomic E-state index is -5.06. The summed E-state index contributed by atoms with van der Waals surface area (Å²) in [5, 5.41) is 9.07. The average molecular weight is 577 g/mol. The molecule has 208 valence electrons. The number of carbonyl (C=O) groups excluding carboxylic acids is 1. The van der Waals surface area contributed by atoms with Crippen molar-refractivity contribution in [2.45, 2.75) is 25.6 Å². The van der Waals surface area contributed by atoms with Gasteiger partial charge in [-0.05, 0) is 24.1 Å². The molecule has 0 radical (unpaired) electrons. The van der Waals surface area contributed by atoms with Crippen molar-refractivity contribution in [1.82, 2.24) is 14.9 Å². The Hall–Kier alpha value is -4.25. The Bertz CT molecular complexity index is 1730. The number of alkyl halides is 3. The summed E-state index contributed by atoms with van der Waals surface area (Å²) in [6.07, 6.45) is -4.55. The highest BCUT2D eigenvalue weighted by Crippen LogP contribution is 2.48. The van der Waals surface area contributed by atoms with Crippen LogP contribution in [0.15, 0.2) is 18.2 Å². The topological polar surface area (TPSA) is 108 Å². The summed E-state index contributed by atoms with van der Waals surface area (Å²) in [7, 11) is 2.82. The molecule has 14 heteroatoms. The molecule has 2 aromatic carbocycles. The van der Waals surface area contributed by atoms with Gasteiger partial charge >= 0.3 is 12.2 Å². The van der Waals surface area contributed by atoms with E-state index in [1.807, 2.05) is 0 Å². The number of carbonyl (C=O) groups is 1. The van der Waals surface area contributed by atoms with Gasteiger partial charge in [0.1, 0.15) is 28.2 Å². The molecule has 8 nitrogen and oxygen atoms in total. The van der Waals surface area contributed by atoms with Crippen molar-refractivity contribution in [3.8, 4) is 23.2 Å². The van der Waals surface area contributed by atoms with Gasteiger partial charge in [-0.3, -0.25) is 4.79 Å². The molecular formula is C26H21F5N6O2S. The molecule has 0 bridgehead atoms. The molecule has 0 spiro atoms. The number of methoxy groups -OCH3 is 1. The number of likely N-dealkylation sites (N-methyl/N-ethyl adjacent to an activating group) is 1. The number of hydrogen-bond acceptors (Lipinski definition) is 8. The van der Waals surface area contributed by atoms with Crippen molar-refractivity contribution in [2.75, 3.05) is 37.9 Å². The second-order valence-corrected chi connectivity index (χ2v) is 10.4. The Morgan fingerprint density at radius 3 is 2.62 bits per heavy atom. The normalized spacial score (nSPS) is 15.6. The van der Waals surface area contributed by atoms with Gasteiger partial charge in [0.05, 0.1) is 22.9 Å². The third kappa shape index (κ3) is 4.30. The summed E-state index contributed by atoms with van der Waals surface area (Å²) in [5.74, 6) is -2.32. The molecule has 4 aromatic rings. The number of hydrogen-bond donors (Lipinski definition) is 1. The molecule has 5 rings (SSSR count). The number of thiophene rings is 1. The van der Waals surface area contributed by atoms with Crippen LogP contribution in [0.2, 0.25) is 0 Å². The molecule has 40 heavy (non-hydrogen) atoms. The summed E-state index contributed by atoms with van der Waals surface area (Å²) < 4.78 is 79.7. The molecule has 1 aliphatic rings. The van der Waals surface area contributed by atoms with E-state index in [0.29, 0.717) is 30.8 Å². The van der Waals surface area contributed by atoms with E-state index >= 15 is 4.39 Å². The lowest BCUT2D eigenvalue weighted by molar-refractivity contribution is -0.137. The fourth-order valence-corrected chi connectivity index (χ4v) is 6.01. The molecule has 1 aliphatic heterocycles. The Kier molecular flexibility index (Phi) is 6.65. The summed E-state index contributed by atoms with van der Waals surface area (Å²) >= 11 is 0.687. The highest BCUT2D eigenvalue weighted by atomic mass is 32.1. The largest absolute Gasteiger partial charge is 0.467 e. The van der Waals surface area contributed by atoms with Crippen LogP contribution in [0.4, 0.5) is 32.8 Å². The number of rotatable bonds is 4. The number of likely N-dealkylation sites (tertiary alicyclic amines) is 1. The SMILES string of the molecule is COc1nc(N(C)C2CCN(C(C)=O)C2)c2cc(C(F)(F)F)c(-c3ccc(F)c4sc(N)c(C#N)c34)c(F)c2n1. The van der Waals surface area contributed by atoms with Crippen LogP contribution >= 0.6 is 11.3 Å². The van der Waals surface area contributed by atoms with Crippen molar-refractivity contribution in [3.63, 3.8) is 0 Å². The van der Waals surface area contributed by atoms with Crippen LogP contribution in [0, 0.1) is 23.0 Å². The second kappa shape index (κ2) is 9.74. The molecule has 1 unspecified atom stereocenters. The van der Waals surface area contributed by atoms with Crippen molar-refractivity contribution in [2.24, 2.45) is 0 Å². The number of ether oxygens (including phenoxy) is 1. The van der Waals surface area contributed by atoms with Crippen molar-refractivity contribution < 1.29 is 31.5 Å². The van der Waals surface area contributed by atoms with Crippen LogP contribution in [0.1, 0.15) is 24.5 Å². The minimum absolute atomic E-state index is 0.0186. The standard InChI is InChI=1S/C26H21F5N6O2S/c1-11(38)37-7-6-12(10-37)36(2)24-14-8-16(26(29,30)31)19(20(28)21(14)34-25(35-24)39-3)13-4-5-17(27)22-18(13)15(9-32)23(33)40-22/h4-5,8,12H,6-7,10,33H2,1-3H3. The number of nitriles is 1. The summed E-state index contributed by atoms with van der Waals surface area (Å²) in [6.45, 7) is 2.17. The fraction of sp³-hybridized carbons (Fsp3) is 0.308. The molecule has 2 N–H and O–H groups in total. The summed E-state index contributed by atoms with van der Waals surface area (Å²) in [4.78, 5) is 23.3. The molecule has 2 aromatic heterocycles. The molecule has 1 atom stereocenters. The quantitative estimate of drug-likeness (QED) is 0.327. The first kappa shape index (κ1) is 27.3. The molecule has 1 fully saturated rings. The number of benzene rings is 2. The number of nitrogen functional groups attached to an aromatic ring is 1. The highest BCUT2D eigenvalue weighted by molar-refractivity contribution is 7.23. The van der Waals surface area contributed by atoms with E-state index in [9.17, 15) is 27.6 Å². The predicted molar refractivity (Wildman–Crippen MR) is 140 cm³/mol. The molecule has 1 saturated heterocycles. The first-order chi connectivity index (χ1) is 18.9. The van der Waals surface area contributed by atoms with Crippen LogP contribution in [0.5, 0.6) is 6.01 Å². The Morgan fingerprint density at radius 1 is 1.30 bits per heavy atom. The van der Waals surface area contributed by atoms with Crippen LogP contribution < -0.4 is 15.4 Å². The van der Waals surface area contributed by atoms with E-state index in [2.05, 4.69) is 9.97 Å². The maximum Gasteiger partial charge on any atom is 0.417 e. The molecule has 0 aliphatic carbocycles. The van der Waals surface area contributed by atoms with E-state index in [1.165, 1.54) is 14.0 Å². The number of anilines is 2. The molecular weight excluding hydrogens is 555 g/mol. The zero-order valence-corrected chi connectivity index (χ0v) is 22.2. The van der Waals surface area contributed by atoms with Gasteiger partial charge in [0.15, 0.2) is 5.82 Å². The third-order valence-corrected chi connectivity index (χ3v) is 8.10. The van der Waals surface area contributed by atoms with Crippen LogP contribution in [0.25, 0.3) is 32.1 Å². The number of nitrogens with zero attached hydrogens (tertiary/aromatic N) is 5. The number of nitrogens with two attached hydrogens (primary N) is 1. The van der Waals surface area contributed by atoms with Gasteiger partial charge in [0.2, 0.25) is 5.91 Å². The van der Waals surface area contributed by atoms with E-state index in [4.69, 9.17) is 10.5 Å². The van der Waals surface area contributed by atoms with Gasteiger partial charge in [-0.15, -0.1) is 11.3 Å². The Morgan fingerprint density at radius 2 is 2.02 bits per heavy atom. The van der Waals surface area contributed by atoms with Crippen LogP contribution in [-0.2, 0) is 11.0 Å². The number of aromatic nitrogens is 2. The van der Waals surface area contributed by atoms with Crippen molar-refractivity contribution in [3.05, 3.63) is 41.0 Å². The number of halogens is 5. The molecule has 1 amide bonds. The Labute approximate surface area is 228 Å². The minimum Gasteiger partial charge on any atom is -0.467 e. The van der Waals surface area contributed by atoms with E-state index in [1.54, 1.807) is 22.9 Å². The zero-order valence-electron chi connectivity index (χ0n) is 21.4. The van der Waals surface area contributed by atoms with Gasteiger partial charge in [-0.25, -0.2) is 8.78 Å². The van der Waals surface area contributed by atoms with E-state index in [0.717, 1.165) is 18.2 Å². The fourth-order valence-electron chi connectivity index (χ4n) is 5.06. The predicted octanol–water partition coefficient (Wildman–Crippen LogP) is 5.33. The first-order valence-electron chi connectivity index (χ1n) is 11.9. The Balaban J connectivity index is 1.83. The van der Waals surface area contributed by atoms with E-state index in [-0.39, 0.29) is 55.4 Å². The second-order valence-electron chi connectivity index (χ2n) is 9.31. The zero-order chi connectivity index (χ0) is 29.1. The maximum absolute atomic E-state index is 16.4.